The zero-order valence-electron chi connectivity index (χ0n) is 13.7. The third-order valence-electron chi connectivity index (χ3n) is 3.29. The minimum atomic E-state index is -0.640. The van der Waals surface area contributed by atoms with E-state index >= 15 is 0 Å². The van der Waals surface area contributed by atoms with Gasteiger partial charge in [0.2, 0.25) is 0 Å². The summed E-state index contributed by atoms with van der Waals surface area (Å²) in [5, 5.41) is 9.77. The monoisotopic (exact) mass is 343 g/mol. The Hall–Kier alpha value is -3.35. The molecule has 2 N–H and O–H groups in total. The summed E-state index contributed by atoms with van der Waals surface area (Å²) in [6.07, 6.45) is 2.70. The molecule has 0 aliphatic heterocycles. The van der Waals surface area contributed by atoms with Gasteiger partial charge < -0.3 is 19.6 Å². The van der Waals surface area contributed by atoms with Crippen LogP contribution in [0.2, 0.25) is 0 Å². The highest BCUT2D eigenvalue weighted by molar-refractivity contribution is 6.08. The van der Waals surface area contributed by atoms with Gasteiger partial charge in [-0.15, -0.1) is 0 Å². The summed E-state index contributed by atoms with van der Waals surface area (Å²) >= 11 is 0. The van der Waals surface area contributed by atoms with Crippen molar-refractivity contribution in [3.63, 3.8) is 0 Å². The Bertz CT molecular complexity index is 864. The molecule has 0 unspecified atom stereocenters. The van der Waals surface area contributed by atoms with Crippen LogP contribution in [0.4, 0.5) is 0 Å². The maximum Gasteiger partial charge on any atom is 0.343 e. The maximum atomic E-state index is 12.1. The van der Waals surface area contributed by atoms with E-state index in [1.807, 2.05) is 0 Å². The molecule has 2 aromatic rings. The molecular formula is C18H17NO6. The largest absolute Gasteiger partial charge is 0.507 e. The number of ketones is 1. The predicted molar refractivity (Wildman–Crippen MR) is 90.8 cm³/mol. The fraction of sp³-hybridized carbons (Fsp3) is 0.167. The van der Waals surface area contributed by atoms with E-state index in [1.165, 1.54) is 25.3 Å². The number of methoxy groups -OCH3 is 1. The van der Waals surface area contributed by atoms with Gasteiger partial charge in [-0.05, 0) is 36.8 Å². The van der Waals surface area contributed by atoms with Gasteiger partial charge in [0.15, 0.2) is 12.4 Å². The number of carbonyl (C=O) groups excluding carboxylic acids is 2. The molecule has 1 aromatic carbocycles. The van der Waals surface area contributed by atoms with Crippen molar-refractivity contribution in [3.8, 4) is 11.5 Å². The number of ether oxygens (including phenoxy) is 2. The Labute approximate surface area is 143 Å². The quantitative estimate of drug-likeness (QED) is 0.471. The van der Waals surface area contributed by atoms with Crippen LogP contribution in [0, 0.1) is 6.92 Å². The van der Waals surface area contributed by atoms with E-state index in [4.69, 9.17) is 4.74 Å². The maximum absolute atomic E-state index is 12.1. The smallest absolute Gasteiger partial charge is 0.343 e. The number of hydrogen-bond donors (Lipinski definition) is 2. The molecule has 7 heteroatoms. The molecule has 0 fully saturated rings. The Balaban J connectivity index is 2.08. The van der Waals surface area contributed by atoms with Gasteiger partial charge in [-0.2, -0.15) is 0 Å². The molecule has 25 heavy (non-hydrogen) atoms. The zero-order valence-corrected chi connectivity index (χ0v) is 13.7. The van der Waals surface area contributed by atoms with E-state index in [0.717, 1.165) is 0 Å². The molecule has 1 aromatic heterocycles. The number of carbonyl (C=O) groups is 2. The summed E-state index contributed by atoms with van der Waals surface area (Å²) in [7, 11) is 1.27. The lowest BCUT2D eigenvalue weighted by molar-refractivity contribution is -0.142. The molecule has 7 nitrogen and oxygen atoms in total. The highest BCUT2D eigenvalue weighted by Crippen LogP contribution is 2.16. The normalized spacial score (nSPS) is 10.6. The van der Waals surface area contributed by atoms with E-state index in [0.29, 0.717) is 17.0 Å². The summed E-state index contributed by atoms with van der Waals surface area (Å²) in [4.78, 5) is 37.4. The van der Waals surface area contributed by atoms with Crippen LogP contribution >= 0.6 is 0 Å². The Morgan fingerprint density at radius 3 is 2.52 bits per heavy atom. The van der Waals surface area contributed by atoms with Gasteiger partial charge in [0.25, 0.3) is 5.56 Å². The standard InChI is InChI=1S/C18H17NO6/c1-11-9-15(21)17(18(23)19-11)14(20)8-5-12-3-6-13(7-4-12)25-10-16(22)24-2/h3-9H,10H2,1-2H3,(H2,19,21,23). The number of benzene rings is 1. The minimum absolute atomic E-state index is 0.195. The molecule has 0 radical (unpaired) electrons. The van der Waals surface area contributed by atoms with Crippen LogP contribution in [0.1, 0.15) is 21.6 Å². The lowest BCUT2D eigenvalue weighted by Crippen LogP contribution is -2.17. The van der Waals surface area contributed by atoms with Crippen molar-refractivity contribution in [2.24, 2.45) is 0 Å². The average Bonchev–Trinajstić information content (AvgIpc) is 2.57. The summed E-state index contributed by atoms with van der Waals surface area (Å²) in [5.41, 5.74) is 0.200. The molecule has 0 bridgehead atoms. The van der Waals surface area contributed by atoms with Crippen molar-refractivity contribution in [1.29, 1.82) is 0 Å². The van der Waals surface area contributed by atoms with Crippen LogP contribution in [0.15, 0.2) is 41.2 Å². The second-order valence-electron chi connectivity index (χ2n) is 5.17. The highest BCUT2D eigenvalue weighted by atomic mass is 16.6. The Morgan fingerprint density at radius 2 is 1.92 bits per heavy atom. The zero-order chi connectivity index (χ0) is 18.4. The van der Waals surface area contributed by atoms with E-state index in [-0.39, 0.29) is 17.9 Å². The number of aromatic nitrogens is 1. The fourth-order valence-electron chi connectivity index (χ4n) is 2.04. The number of nitrogens with one attached hydrogen (secondary N) is 1. The Kier molecular flexibility index (Phi) is 5.73. The number of aryl methyl sites for hydroxylation is 1. The molecule has 0 aliphatic carbocycles. The van der Waals surface area contributed by atoms with Crippen molar-refractivity contribution in [3.05, 3.63) is 63.6 Å². The molecule has 0 spiro atoms. The van der Waals surface area contributed by atoms with Gasteiger partial charge >= 0.3 is 5.97 Å². The first kappa shape index (κ1) is 18.0. The van der Waals surface area contributed by atoms with Gasteiger partial charge in [0.1, 0.15) is 17.1 Å². The molecular weight excluding hydrogens is 326 g/mol. The number of aromatic amines is 1. The molecule has 2 rings (SSSR count). The Morgan fingerprint density at radius 1 is 1.24 bits per heavy atom. The van der Waals surface area contributed by atoms with Crippen molar-refractivity contribution in [1.82, 2.24) is 4.98 Å². The second kappa shape index (κ2) is 7.96. The van der Waals surface area contributed by atoms with E-state index in [2.05, 4.69) is 9.72 Å². The number of allylic oxidation sites excluding steroid dienone is 1. The number of pyridine rings is 1. The first-order chi connectivity index (χ1) is 11.9. The number of H-pyrrole nitrogens is 1. The SMILES string of the molecule is COC(=O)COc1ccc(C=CC(=O)c2c(O)cc(C)[nH]c2=O)cc1. The van der Waals surface area contributed by atoms with Crippen LogP contribution in [0.3, 0.4) is 0 Å². The van der Waals surface area contributed by atoms with Crippen LogP contribution in [0.25, 0.3) is 6.08 Å². The summed E-state index contributed by atoms with van der Waals surface area (Å²) in [5.74, 6) is -0.980. The number of esters is 1. The predicted octanol–water partition coefficient (Wildman–Crippen LogP) is 1.84. The molecule has 0 saturated carbocycles. The minimum Gasteiger partial charge on any atom is -0.507 e. The second-order valence-corrected chi connectivity index (χ2v) is 5.17. The van der Waals surface area contributed by atoms with Crippen LogP contribution in [0.5, 0.6) is 11.5 Å². The van der Waals surface area contributed by atoms with E-state index in [9.17, 15) is 19.5 Å². The van der Waals surface area contributed by atoms with Gasteiger partial charge in [0.05, 0.1) is 7.11 Å². The van der Waals surface area contributed by atoms with Crippen molar-refractivity contribution < 1.29 is 24.2 Å². The third-order valence-corrected chi connectivity index (χ3v) is 3.29. The van der Waals surface area contributed by atoms with E-state index in [1.54, 1.807) is 31.2 Å². The highest BCUT2D eigenvalue weighted by Gasteiger charge is 2.13. The summed E-state index contributed by atoms with van der Waals surface area (Å²) in [6.45, 7) is 1.41. The third kappa shape index (κ3) is 4.81. The summed E-state index contributed by atoms with van der Waals surface area (Å²) in [6, 6.07) is 7.92. The molecule has 0 saturated heterocycles. The van der Waals surface area contributed by atoms with Crippen molar-refractivity contribution in [2.45, 2.75) is 6.92 Å². The molecule has 0 aliphatic rings. The topological polar surface area (TPSA) is 106 Å². The number of hydrogen-bond acceptors (Lipinski definition) is 6. The van der Waals surface area contributed by atoms with Crippen LogP contribution < -0.4 is 10.3 Å². The molecule has 0 atom stereocenters. The number of rotatable bonds is 6. The lowest BCUT2D eigenvalue weighted by Gasteiger charge is -2.04. The van der Waals surface area contributed by atoms with E-state index < -0.39 is 17.3 Å². The molecule has 1 heterocycles. The van der Waals surface area contributed by atoms with Gasteiger partial charge in [-0.25, -0.2) is 4.79 Å². The molecule has 130 valence electrons. The van der Waals surface area contributed by atoms with Gasteiger partial charge in [-0.1, -0.05) is 18.2 Å². The van der Waals surface area contributed by atoms with Gasteiger partial charge in [-0.3, -0.25) is 9.59 Å². The lowest BCUT2D eigenvalue weighted by atomic mass is 10.1. The van der Waals surface area contributed by atoms with Crippen LogP contribution in [-0.4, -0.2) is 35.6 Å². The van der Waals surface area contributed by atoms with Crippen molar-refractivity contribution in [2.75, 3.05) is 13.7 Å². The summed E-state index contributed by atoms with van der Waals surface area (Å²) < 4.78 is 9.68. The fourth-order valence-corrected chi connectivity index (χ4v) is 2.04. The first-order valence-electron chi connectivity index (χ1n) is 7.35. The van der Waals surface area contributed by atoms with Crippen molar-refractivity contribution >= 4 is 17.8 Å². The number of aromatic hydroxyl groups is 1. The van der Waals surface area contributed by atoms with Gasteiger partial charge in [0, 0.05) is 5.69 Å². The average molecular weight is 343 g/mol. The molecule has 0 amide bonds. The van der Waals surface area contributed by atoms with Crippen LogP contribution in [-0.2, 0) is 9.53 Å². The first-order valence-corrected chi connectivity index (χ1v) is 7.35.